The molecule has 3 aromatic carbocycles. The Morgan fingerprint density at radius 3 is 2.54 bits per heavy atom. The summed E-state index contributed by atoms with van der Waals surface area (Å²) in [6.45, 7) is 5.98. The molecule has 41 heavy (non-hydrogen) atoms. The maximum atomic E-state index is 12.4. The summed E-state index contributed by atoms with van der Waals surface area (Å²) in [5.74, 6) is 3.34. The van der Waals surface area contributed by atoms with Gasteiger partial charge in [-0.15, -0.1) is 6.58 Å². The molecular weight excluding hydrogens is 514 g/mol. The molecule has 0 bridgehead atoms. The lowest BCUT2D eigenvalue weighted by molar-refractivity contribution is 0.0953. The van der Waals surface area contributed by atoms with Crippen LogP contribution in [0.15, 0.2) is 79.4 Å². The van der Waals surface area contributed by atoms with E-state index in [0.29, 0.717) is 18.7 Å². The fourth-order valence-electron chi connectivity index (χ4n) is 4.88. The Hall–Kier alpha value is -4.26. The highest BCUT2D eigenvalue weighted by molar-refractivity contribution is 5.94. The van der Waals surface area contributed by atoms with Crippen LogP contribution < -0.4 is 19.5 Å². The first-order chi connectivity index (χ1) is 20.1. The summed E-state index contributed by atoms with van der Waals surface area (Å²) in [6, 6.07) is 21.5. The molecule has 1 aromatic heterocycles. The van der Waals surface area contributed by atoms with E-state index in [4.69, 9.17) is 19.2 Å². The van der Waals surface area contributed by atoms with Crippen molar-refractivity contribution in [2.45, 2.75) is 51.5 Å². The number of benzene rings is 3. The summed E-state index contributed by atoms with van der Waals surface area (Å²) in [6.07, 6.45) is 8.48. The minimum Gasteiger partial charge on any atom is -0.497 e. The van der Waals surface area contributed by atoms with E-state index < -0.39 is 0 Å². The molecule has 0 unspecified atom stereocenters. The Labute approximate surface area is 243 Å². The highest BCUT2D eigenvalue weighted by atomic mass is 16.5. The van der Waals surface area contributed by atoms with Crippen LogP contribution in [0.2, 0.25) is 0 Å². The molecular formula is C34H41N3O4. The van der Waals surface area contributed by atoms with Crippen molar-refractivity contribution in [2.75, 3.05) is 27.4 Å². The Morgan fingerprint density at radius 1 is 0.927 bits per heavy atom. The number of fused-ring (bicyclic) bond motifs is 1. The zero-order chi connectivity index (χ0) is 28.9. The first-order valence-electron chi connectivity index (χ1n) is 14.4. The Balaban J connectivity index is 1.22. The van der Waals surface area contributed by atoms with Crippen molar-refractivity contribution in [1.29, 1.82) is 0 Å². The summed E-state index contributed by atoms with van der Waals surface area (Å²) in [5.41, 5.74) is 4.01. The molecule has 1 N–H and O–H groups in total. The Morgan fingerprint density at radius 2 is 1.76 bits per heavy atom. The van der Waals surface area contributed by atoms with Gasteiger partial charge in [0.2, 0.25) is 0 Å². The lowest BCUT2D eigenvalue weighted by Gasteiger charge is -2.13. The van der Waals surface area contributed by atoms with E-state index in [1.165, 1.54) is 5.52 Å². The van der Waals surface area contributed by atoms with Crippen LogP contribution in [0.3, 0.4) is 0 Å². The number of carbonyl (C=O) groups is 1. The van der Waals surface area contributed by atoms with Crippen LogP contribution >= 0.6 is 0 Å². The Kier molecular flexibility index (Phi) is 11.2. The minimum atomic E-state index is -0.0541. The molecule has 4 rings (SSSR count). The third-order valence-electron chi connectivity index (χ3n) is 7.09. The van der Waals surface area contributed by atoms with Gasteiger partial charge < -0.3 is 24.1 Å². The van der Waals surface area contributed by atoms with Gasteiger partial charge in [-0.3, -0.25) is 4.79 Å². The van der Waals surface area contributed by atoms with E-state index in [9.17, 15) is 4.79 Å². The van der Waals surface area contributed by atoms with Gasteiger partial charge >= 0.3 is 0 Å². The van der Waals surface area contributed by atoms with Crippen LogP contribution in [-0.4, -0.2) is 42.8 Å². The maximum Gasteiger partial charge on any atom is 0.251 e. The maximum absolute atomic E-state index is 12.4. The third-order valence-corrected chi connectivity index (χ3v) is 7.09. The molecule has 0 saturated carbocycles. The number of nitrogens with zero attached hydrogens (tertiary/aromatic N) is 2. The van der Waals surface area contributed by atoms with Gasteiger partial charge in [-0.2, -0.15) is 0 Å². The average Bonchev–Trinajstić information content (AvgIpc) is 3.36. The monoisotopic (exact) mass is 555 g/mol. The number of aryl methyl sites for hydroxylation is 2. The van der Waals surface area contributed by atoms with Crippen LogP contribution in [-0.2, 0) is 19.4 Å². The number of ether oxygens (including phenoxy) is 3. The van der Waals surface area contributed by atoms with Crippen molar-refractivity contribution >= 4 is 16.9 Å². The number of amides is 1. The predicted molar refractivity (Wildman–Crippen MR) is 164 cm³/mol. The van der Waals surface area contributed by atoms with Gasteiger partial charge in [0, 0.05) is 25.1 Å². The van der Waals surface area contributed by atoms with E-state index in [2.05, 4.69) is 40.7 Å². The number of nitrogens with one attached hydrogen (secondary N) is 1. The van der Waals surface area contributed by atoms with Crippen LogP contribution in [0.25, 0.3) is 11.0 Å². The molecule has 216 valence electrons. The van der Waals surface area contributed by atoms with Gasteiger partial charge in [-0.1, -0.05) is 30.7 Å². The summed E-state index contributed by atoms with van der Waals surface area (Å²) in [5, 5.41) is 3.01. The number of aromatic nitrogens is 2. The second-order valence-corrected chi connectivity index (χ2v) is 10.00. The number of methoxy groups -OCH3 is 2. The van der Waals surface area contributed by atoms with Crippen LogP contribution in [0.4, 0.5) is 0 Å². The second-order valence-electron chi connectivity index (χ2n) is 10.00. The van der Waals surface area contributed by atoms with E-state index >= 15 is 0 Å². The van der Waals surface area contributed by atoms with Crippen molar-refractivity contribution < 1.29 is 19.0 Å². The number of allylic oxidation sites excluding steroid dienone is 1. The molecule has 1 amide bonds. The van der Waals surface area contributed by atoms with Crippen molar-refractivity contribution in [2.24, 2.45) is 0 Å². The van der Waals surface area contributed by atoms with E-state index in [1.807, 2.05) is 24.3 Å². The summed E-state index contributed by atoms with van der Waals surface area (Å²) in [4.78, 5) is 17.3. The van der Waals surface area contributed by atoms with Gasteiger partial charge in [-0.05, 0) is 86.2 Å². The molecule has 0 fully saturated rings. The van der Waals surface area contributed by atoms with Crippen LogP contribution in [0, 0.1) is 0 Å². The molecule has 0 saturated heterocycles. The highest BCUT2D eigenvalue weighted by Crippen LogP contribution is 2.28. The van der Waals surface area contributed by atoms with Crippen molar-refractivity contribution in [3.8, 4) is 17.2 Å². The molecule has 0 aliphatic rings. The molecule has 0 spiro atoms. The minimum absolute atomic E-state index is 0.0541. The number of hydrogen-bond acceptors (Lipinski definition) is 5. The molecule has 1 heterocycles. The van der Waals surface area contributed by atoms with Crippen LogP contribution in [0.5, 0.6) is 17.2 Å². The fraction of sp³-hybridized carbons (Fsp3) is 0.353. The summed E-state index contributed by atoms with van der Waals surface area (Å²) >= 11 is 0. The number of rotatable bonds is 17. The molecule has 0 aliphatic heterocycles. The smallest absolute Gasteiger partial charge is 0.251 e. The topological polar surface area (TPSA) is 74.6 Å². The fourth-order valence-corrected chi connectivity index (χ4v) is 4.88. The number of imidazole rings is 1. The van der Waals surface area contributed by atoms with Gasteiger partial charge in [0.25, 0.3) is 5.91 Å². The van der Waals surface area contributed by atoms with Gasteiger partial charge in [-0.25, -0.2) is 4.98 Å². The van der Waals surface area contributed by atoms with E-state index in [0.717, 1.165) is 85.6 Å². The van der Waals surface area contributed by atoms with Gasteiger partial charge in [0.1, 0.15) is 11.6 Å². The standard InChI is InChI=1S/C34H41N3O4/c1-4-12-26-16-21-31(32(25-26)40-3)41-24-11-10-23-37-30-14-8-7-13-29(30)36-33(37)15-6-5-9-22-35-34(38)27-17-19-28(39-2)20-18-27/h4,7-8,13-14,16-21,25H,1,5-6,9-12,15,22-24H2,2-3H3,(H,35,38). The van der Waals surface area contributed by atoms with E-state index in [1.54, 1.807) is 38.5 Å². The first kappa shape index (κ1) is 29.7. The van der Waals surface area contributed by atoms with Gasteiger partial charge in [0.15, 0.2) is 11.5 Å². The van der Waals surface area contributed by atoms with Crippen LogP contribution in [0.1, 0.15) is 53.8 Å². The molecule has 0 radical (unpaired) electrons. The SMILES string of the molecule is C=CCc1ccc(OCCCCn2c(CCCCCNC(=O)c3ccc(OC)cc3)nc3ccccc32)c(OC)c1. The molecule has 0 aliphatic carbocycles. The third kappa shape index (κ3) is 8.37. The molecule has 4 aromatic rings. The summed E-state index contributed by atoms with van der Waals surface area (Å²) < 4.78 is 19.1. The lowest BCUT2D eigenvalue weighted by Crippen LogP contribution is -2.24. The highest BCUT2D eigenvalue weighted by Gasteiger charge is 2.11. The second kappa shape index (κ2) is 15.5. The molecule has 7 nitrogen and oxygen atoms in total. The van der Waals surface area contributed by atoms with Gasteiger partial charge in [0.05, 0.1) is 31.9 Å². The normalized spacial score (nSPS) is 10.9. The summed E-state index contributed by atoms with van der Waals surface area (Å²) in [7, 11) is 3.29. The first-order valence-corrected chi connectivity index (χ1v) is 14.4. The quantitative estimate of drug-likeness (QED) is 0.115. The van der Waals surface area contributed by atoms with Crippen molar-refractivity contribution in [3.05, 3.63) is 96.3 Å². The Bertz CT molecular complexity index is 1410. The molecule has 0 atom stereocenters. The zero-order valence-corrected chi connectivity index (χ0v) is 24.2. The lowest BCUT2D eigenvalue weighted by atomic mass is 10.1. The van der Waals surface area contributed by atoms with E-state index in [-0.39, 0.29) is 5.91 Å². The largest absolute Gasteiger partial charge is 0.497 e. The zero-order valence-electron chi connectivity index (χ0n) is 24.2. The number of para-hydroxylation sites is 2. The number of carbonyl (C=O) groups excluding carboxylic acids is 1. The number of unbranched alkanes of at least 4 members (excludes halogenated alkanes) is 3. The average molecular weight is 556 g/mol. The van der Waals surface area contributed by atoms with Crippen molar-refractivity contribution in [3.63, 3.8) is 0 Å². The van der Waals surface area contributed by atoms with Crippen molar-refractivity contribution in [1.82, 2.24) is 14.9 Å². The number of hydrogen-bond donors (Lipinski definition) is 1. The molecule has 7 heteroatoms. The predicted octanol–water partition coefficient (Wildman–Crippen LogP) is 6.78.